The van der Waals surface area contributed by atoms with E-state index in [-0.39, 0.29) is 268 Å². The summed E-state index contributed by atoms with van der Waals surface area (Å²) in [5.41, 5.74) is 0. The molecule has 0 spiro atoms. The third-order valence-electron chi connectivity index (χ3n) is 0. The van der Waals surface area contributed by atoms with Gasteiger partial charge in [0.05, 0.1) is 0 Å². The molecule has 0 atom stereocenters. The summed E-state index contributed by atoms with van der Waals surface area (Å²) in [6, 6.07) is 0. The standard InChI is InChI=1S/10ClHO2.5Na.5H/c10*2-1-3;;;;;;;;;;/h10*2H;;;;;;;;;;/q;;;;;;;;;;5*+1;5*-1. The molecular weight excluding hydrogens is 789 g/mol. The SMILES string of the molecule is [H-].[H-].[H-].[H-].[H-].[Na+].[Na+].[Na+].[Na+].[Na+].[O-][Cl+]O.[O-][Cl+]O.[O-][Cl+]O.[O-][Cl+]O.[O-][Cl+]O.[O-][Cl+]O.[O-][Cl+]O.[O-][Cl+]O.[O-][Cl+]O.[O-][Cl+]O. The minimum Gasteiger partial charge on any atom is -1.00 e. The molecule has 20 nitrogen and oxygen atoms in total. The van der Waals surface area contributed by atoms with Crippen LogP contribution in [0.4, 0.5) is 0 Å². The summed E-state index contributed by atoms with van der Waals surface area (Å²) in [6.45, 7) is 0. The van der Waals surface area contributed by atoms with E-state index in [2.05, 4.69) is 0 Å². The average Bonchev–Trinajstić information content (AvgIpc) is 2.61. The van der Waals surface area contributed by atoms with E-state index < -0.39 is 0 Å². The van der Waals surface area contributed by atoms with Crippen molar-refractivity contribution in [2.45, 2.75) is 0 Å². The van der Waals surface area contributed by atoms with E-state index in [9.17, 15) is 0 Å². The number of halogens is 10. The van der Waals surface area contributed by atoms with Crippen molar-refractivity contribution in [3.05, 3.63) is 0 Å². The number of hydrogen-bond donors (Lipinski definition) is 10. The van der Waals surface area contributed by atoms with Crippen LogP contribution in [-0.4, -0.2) is 46.6 Å². The zero-order valence-corrected chi connectivity index (χ0v) is 34.9. The molecule has 35 heavy (non-hydrogen) atoms. The van der Waals surface area contributed by atoms with Gasteiger partial charge in [0.1, 0.15) is 0 Å². The van der Waals surface area contributed by atoms with Crippen LogP contribution in [-0.2, 0) is 0 Å². The number of hydrogen-bond acceptors (Lipinski definition) is 20. The van der Waals surface area contributed by atoms with Gasteiger partial charge in [-0.2, -0.15) is 0 Å². The Kier molecular flexibility index (Phi) is 625. The maximum Gasteiger partial charge on any atom is 1.00 e. The topological polar surface area (TPSA) is 433 Å². The number of rotatable bonds is 0. The van der Waals surface area contributed by atoms with E-state index in [1.165, 1.54) is 0 Å². The predicted molar refractivity (Wildman–Crippen MR) is 27.7 cm³/mol. The molecule has 210 valence electrons. The van der Waals surface area contributed by atoms with Crippen LogP contribution in [0.2, 0.25) is 0 Å². The monoisotopic (exact) mass is 800 g/mol. The van der Waals surface area contributed by atoms with Crippen LogP contribution in [0.1, 0.15) is 7.13 Å². The molecule has 0 saturated carbocycles. The summed E-state index contributed by atoms with van der Waals surface area (Å²) in [7, 11) is 0. The van der Waals surface area contributed by atoms with E-state index in [0.717, 1.165) is 0 Å². The summed E-state index contributed by atoms with van der Waals surface area (Å²) in [6.07, 6.45) is 0. The predicted octanol–water partition coefficient (Wildman–Crippen LogP) is -31.9. The second-order valence-electron chi connectivity index (χ2n) is 0.690. The van der Waals surface area contributed by atoms with Crippen molar-refractivity contribution >= 4 is 0 Å². The van der Waals surface area contributed by atoms with E-state index in [1.807, 2.05) is 0 Å². The first-order valence-electron chi connectivity index (χ1n) is 3.23. The third-order valence-corrected chi connectivity index (χ3v) is 0. The average molecular weight is 805 g/mol. The molecule has 10 N–H and O–H groups in total. The van der Waals surface area contributed by atoms with Gasteiger partial charge in [0, 0.05) is 0 Å². The summed E-state index contributed by atoms with van der Waals surface area (Å²) < 4.78 is 152. The van der Waals surface area contributed by atoms with Crippen LogP contribution in [0.25, 0.3) is 0 Å². The van der Waals surface area contributed by atoms with Crippen molar-refractivity contribution in [1.29, 1.82) is 0 Å². The maximum atomic E-state index is 8.35. The van der Waals surface area contributed by atoms with Crippen LogP contribution in [0, 0.1) is 113 Å². The van der Waals surface area contributed by atoms with Crippen molar-refractivity contribution in [1.82, 2.24) is 0 Å². The van der Waals surface area contributed by atoms with Crippen LogP contribution in [0.15, 0.2) is 0 Å². The molecule has 0 aromatic rings. The minimum absolute atomic E-state index is 0. The van der Waals surface area contributed by atoms with E-state index in [0.29, 0.717) is 0 Å². The fourth-order valence-electron chi connectivity index (χ4n) is 0. The van der Waals surface area contributed by atoms with Crippen LogP contribution in [0.5, 0.6) is 0 Å². The molecule has 0 unspecified atom stereocenters. The van der Waals surface area contributed by atoms with Gasteiger partial charge in [0.2, 0.25) is 0 Å². The second-order valence-corrected chi connectivity index (χ2v) is 2.07. The minimum atomic E-state index is -0.167. The van der Waals surface area contributed by atoms with Gasteiger partial charge in [-0.1, -0.05) is 0 Å². The first-order valence-corrected chi connectivity index (χ1v) is 9.70. The van der Waals surface area contributed by atoms with Crippen molar-refractivity contribution in [3.8, 4) is 0 Å². The van der Waals surface area contributed by atoms with E-state index in [4.69, 9.17) is 93.2 Å². The molecule has 0 bridgehead atoms. The molecule has 0 fully saturated rings. The Balaban J connectivity index is -0.00000000601. The summed E-state index contributed by atoms with van der Waals surface area (Å²) in [5, 5.41) is 0. The zero-order valence-electron chi connectivity index (χ0n) is 22.3. The Morgan fingerprint density at radius 1 is 0.229 bits per heavy atom. The molecule has 0 rings (SSSR count). The Morgan fingerprint density at radius 3 is 0.229 bits per heavy atom. The van der Waals surface area contributed by atoms with E-state index >= 15 is 0 Å². The quantitative estimate of drug-likeness (QED) is 0.102. The Labute approximate surface area is 355 Å². The van der Waals surface area contributed by atoms with Crippen molar-refractivity contribution in [3.63, 3.8) is 0 Å². The fourth-order valence-corrected chi connectivity index (χ4v) is 0. The zero-order chi connectivity index (χ0) is 27.1. The molecule has 0 aromatic heterocycles. The first-order chi connectivity index (χ1) is 14.1. The maximum absolute atomic E-state index is 8.35. The molecular formula is H15Cl10Na5O20. The molecule has 0 aliphatic rings. The van der Waals surface area contributed by atoms with Gasteiger partial charge in [-0.25, -0.2) is 0 Å². The van der Waals surface area contributed by atoms with E-state index in [1.54, 1.807) is 0 Å². The first kappa shape index (κ1) is 96.8. The van der Waals surface area contributed by atoms with Crippen LogP contribution < -0.4 is 194 Å². The normalized spacial score (nSPS) is 5.14. The Hall–Kier alpha value is 7.10. The molecule has 0 amide bonds. The molecule has 0 radical (unpaired) electrons. The smallest absolute Gasteiger partial charge is 1.00 e. The summed E-state index contributed by atoms with van der Waals surface area (Å²) in [4.78, 5) is 0. The van der Waals surface area contributed by atoms with Crippen molar-refractivity contribution in [2.24, 2.45) is 0 Å². The van der Waals surface area contributed by atoms with Gasteiger partial charge in [0.15, 0.2) is 0 Å². The van der Waals surface area contributed by atoms with Gasteiger partial charge in [-0.05, 0) is 0 Å². The van der Waals surface area contributed by atoms with Gasteiger partial charge in [0.25, 0.3) is 0 Å². The third kappa shape index (κ3) is 1250. The summed E-state index contributed by atoms with van der Waals surface area (Å²) in [5.74, 6) is 0. The molecule has 0 aromatic carbocycles. The van der Waals surface area contributed by atoms with Gasteiger partial charge in [-0.3, -0.25) is 0 Å². The largest absolute Gasteiger partial charge is 1.00 e. The Morgan fingerprint density at radius 2 is 0.229 bits per heavy atom. The van der Waals surface area contributed by atoms with Crippen LogP contribution in [0.3, 0.4) is 0 Å². The van der Waals surface area contributed by atoms with Gasteiger partial charge in [-0.15, -0.1) is 46.6 Å². The van der Waals surface area contributed by atoms with Gasteiger partial charge >= 0.3 is 261 Å². The van der Waals surface area contributed by atoms with Crippen molar-refractivity contribution < 1.29 is 361 Å². The molecule has 0 saturated heterocycles. The molecule has 0 aliphatic carbocycles. The molecule has 35 heteroatoms. The second kappa shape index (κ2) is 226. The molecule has 0 aliphatic heterocycles. The fraction of sp³-hybridized carbons (Fsp3) is 0. The summed E-state index contributed by atoms with van der Waals surface area (Å²) >= 11 is -1.67. The van der Waals surface area contributed by atoms with Crippen LogP contribution >= 0.6 is 0 Å². The molecule has 0 heterocycles. The van der Waals surface area contributed by atoms with Crippen molar-refractivity contribution in [2.75, 3.05) is 0 Å². The Bertz CT molecular complexity index is 103. The van der Waals surface area contributed by atoms with Gasteiger partial charge < -0.3 is 53.7 Å².